The molecule has 1 aromatic carbocycles. The molecule has 1 saturated heterocycles. The lowest BCUT2D eigenvalue weighted by Gasteiger charge is -2.32. The van der Waals surface area contributed by atoms with Crippen LogP contribution in [-0.4, -0.2) is 29.3 Å². The summed E-state index contributed by atoms with van der Waals surface area (Å²) in [6, 6.07) is 5.19. The van der Waals surface area contributed by atoms with Gasteiger partial charge in [0.15, 0.2) is 0 Å². The molecule has 0 atom stereocenters. The molecule has 2 rings (SSSR count). The van der Waals surface area contributed by atoms with Gasteiger partial charge in [-0.1, -0.05) is 12.1 Å². The highest BCUT2D eigenvalue weighted by atomic mass is 16.7. The minimum absolute atomic E-state index is 0.122. The van der Waals surface area contributed by atoms with Crippen LogP contribution in [0.3, 0.4) is 0 Å². The van der Waals surface area contributed by atoms with Crippen LogP contribution in [0.5, 0.6) is 5.75 Å². The Labute approximate surface area is 113 Å². The van der Waals surface area contributed by atoms with Gasteiger partial charge in [-0.2, -0.15) is 0 Å². The van der Waals surface area contributed by atoms with E-state index in [1.807, 2.05) is 27.7 Å². The van der Waals surface area contributed by atoms with Crippen LogP contribution in [0.15, 0.2) is 18.2 Å². The van der Waals surface area contributed by atoms with Gasteiger partial charge in [-0.15, -0.1) is 0 Å². The largest absolute Gasteiger partial charge is 0.593 e. The average molecular weight is 263 g/mol. The molecule has 1 aliphatic rings. The number of nitrogens with two attached hydrogens (primary N) is 1. The van der Waals surface area contributed by atoms with Crippen molar-refractivity contribution >= 4 is 18.4 Å². The molecular weight excluding hydrogens is 243 g/mol. The van der Waals surface area contributed by atoms with Crippen LogP contribution >= 0.6 is 0 Å². The molecule has 0 spiro atoms. The molecule has 0 saturated carbocycles. The number of nitrogens with one attached hydrogen (secondary N) is 1. The zero-order valence-corrected chi connectivity index (χ0v) is 11.7. The van der Waals surface area contributed by atoms with E-state index >= 15 is 0 Å². The number of para-hydroxylation sites is 1. The summed E-state index contributed by atoms with van der Waals surface area (Å²) in [4.78, 5) is 0. The Kier molecular flexibility index (Phi) is 3.11. The zero-order chi connectivity index (χ0) is 14.4. The van der Waals surface area contributed by atoms with Gasteiger partial charge in [-0.05, 0) is 33.8 Å². The van der Waals surface area contributed by atoms with Gasteiger partial charge < -0.3 is 20.1 Å². The van der Waals surface area contributed by atoms with Gasteiger partial charge in [0.25, 0.3) is 5.75 Å². The van der Waals surface area contributed by atoms with Gasteiger partial charge in [0.2, 0.25) is 0 Å². The second kappa shape index (κ2) is 4.25. The molecule has 1 heterocycles. The SMILES string of the molecule is CC1(C)OB(c2cccc(C(=N)N)c2[OH2+])OC1(C)C. The van der Waals surface area contributed by atoms with Crippen LogP contribution < -0.4 is 11.2 Å². The third kappa shape index (κ3) is 2.22. The van der Waals surface area contributed by atoms with Gasteiger partial charge in [-0.3, -0.25) is 5.41 Å². The highest BCUT2D eigenvalue weighted by Crippen LogP contribution is 2.37. The summed E-state index contributed by atoms with van der Waals surface area (Å²) in [5, 5.41) is 15.6. The topological polar surface area (TPSA) is 91.2 Å². The van der Waals surface area contributed by atoms with E-state index in [0.717, 1.165) is 0 Å². The average Bonchev–Trinajstić information content (AvgIpc) is 2.47. The van der Waals surface area contributed by atoms with Crippen LogP contribution in [0.4, 0.5) is 0 Å². The van der Waals surface area contributed by atoms with Gasteiger partial charge >= 0.3 is 7.12 Å². The maximum atomic E-state index is 8.12. The van der Waals surface area contributed by atoms with E-state index in [9.17, 15) is 0 Å². The first-order valence-corrected chi connectivity index (χ1v) is 6.20. The summed E-state index contributed by atoms with van der Waals surface area (Å²) in [6.45, 7) is 7.85. The standard InChI is InChI=1S/C13H19BN2O3/c1-12(2)13(3,4)19-14(18-12)9-7-5-6-8(10(9)17)11(15)16/h5-7,17H,1-4H3,(H3,15,16)/p+1. The first kappa shape index (κ1) is 13.9. The monoisotopic (exact) mass is 263 g/mol. The van der Waals surface area contributed by atoms with Gasteiger partial charge in [-0.25, -0.2) is 0 Å². The predicted octanol–water partition coefficient (Wildman–Crippen LogP) is 0.708. The molecular formula is C13H20BN2O3+. The molecule has 5 nitrogen and oxygen atoms in total. The molecule has 1 aromatic rings. The quantitative estimate of drug-likeness (QED) is 0.356. The fourth-order valence-corrected chi connectivity index (χ4v) is 1.96. The normalized spacial score (nSPS) is 20.5. The Bertz CT molecular complexity index is 513. The smallest absolute Gasteiger partial charge is 0.504 e. The highest BCUT2D eigenvalue weighted by molar-refractivity contribution is 6.63. The van der Waals surface area contributed by atoms with Crippen LogP contribution in [0.25, 0.3) is 0 Å². The summed E-state index contributed by atoms with van der Waals surface area (Å²) >= 11 is 0. The van der Waals surface area contributed by atoms with Crippen LogP contribution in [0.1, 0.15) is 33.3 Å². The summed E-state index contributed by atoms with van der Waals surface area (Å²) in [5.41, 5.74) is 5.57. The number of benzene rings is 1. The number of hydrogen-bond donors (Lipinski definition) is 2. The van der Waals surface area contributed by atoms with Crippen molar-refractivity contribution in [3.8, 4) is 5.75 Å². The number of nitrogen functional groups attached to an aromatic ring is 1. The first-order chi connectivity index (χ1) is 8.66. The zero-order valence-electron chi connectivity index (χ0n) is 11.7. The minimum Gasteiger partial charge on any atom is -0.593 e. The second-order valence-electron chi connectivity index (χ2n) is 5.77. The second-order valence-corrected chi connectivity index (χ2v) is 5.77. The van der Waals surface area contributed by atoms with Crippen LogP contribution in [0, 0.1) is 5.41 Å². The Balaban J connectivity index is 2.40. The number of hydrogen-bond acceptors (Lipinski definition) is 3. The first-order valence-electron chi connectivity index (χ1n) is 6.20. The third-order valence-electron chi connectivity index (χ3n) is 3.89. The molecule has 102 valence electrons. The van der Waals surface area contributed by atoms with Crippen molar-refractivity contribution < 1.29 is 14.4 Å². The Morgan fingerprint density at radius 3 is 2.21 bits per heavy atom. The fourth-order valence-electron chi connectivity index (χ4n) is 1.96. The van der Waals surface area contributed by atoms with E-state index in [2.05, 4.69) is 0 Å². The van der Waals surface area contributed by atoms with Crippen molar-refractivity contribution in [3.63, 3.8) is 0 Å². The summed E-state index contributed by atoms with van der Waals surface area (Å²) in [5.74, 6) is 0.0665. The Morgan fingerprint density at radius 2 is 1.74 bits per heavy atom. The maximum Gasteiger partial charge on any atom is 0.504 e. The van der Waals surface area contributed by atoms with E-state index in [4.69, 9.17) is 25.6 Å². The van der Waals surface area contributed by atoms with E-state index in [1.165, 1.54) is 0 Å². The van der Waals surface area contributed by atoms with Crippen molar-refractivity contribution in [2.24, 2.45) is 5.73 Å². The van der Waals surface area contributed by atoms with Crippen LogP contribution in [0.2, 0.25) is 0 Å². The van der Waals surface area contributed by atoms with Crippen molar-refractivity contribution in [1.29, 1.82) is 5.41 Å². The highest BCUT2D eigenvalue weighted by Gasteiger charge is 2.53. The lowest BCUT2D eigenvalue weighted by atomic mass is 9.77. The lowest BCUT2D eigenvalue weighted by Crippen LogP contribution is -2.41. The van der Waals surface area contributed by atoms with Gasteiger partial charge in [0.1, 0.15) is 11.4 Å². The van der Waals surface area contributed by atoms with E-state index in [1.54, 1.807) is 18.2 Å². The molecule has 5 N–H and O–H groups in total. The van der Waals surface area contributed by atoms with E-state index < -0.39 is 18.3 Å². The van der Waals surface area contributed by atoms with Gasteiger partial charge in [0.05, 0.1) is 16.7 Å². The summed E-state index contributed by atoms with van der Waals surface area (Å²) < 4.78 is 11.8. The van der Waals surface area contributed by atoms with Crippen molar-refractivity contribution in [3.05, 3.63) is 23.8 Å². The van der Waals surface area contributed by atoms with Gasteiger partial charge in [0, 0.05) is 0 Å². The number of rotatable bonds is 2. The lowest BCUT2D eigenvalue weighted by molar-refractivity contribution is 0.00578. The Hall–Kier alpha value is -1.53. The minimum atomic E-state index is -0.600. The molecule has 19 heavy (non-hydrogen) atoms. The molecule has 0 aliphatic carbocycles. The molecule has 6 heteroatoms. The fraction of sp³-hybridized carbons (Fsp3) is 0.462. The molecule has 0 radical (unpaired) electrons. The maximum absolute atomic E-state index is 8.12. The Morgan fingerprint density at radius 1 is 1.21 bits per heavy atom. The molecule has 0 aromatic heterocycles. The number of amidine groups is 1. The van der Waals surface area contributed by atoms with Crippen molar-refractivity contribution in [2.75, 3.05) is 0 Å². The third-order valence-corrected chi connectivity index (χ3v) is 3.89. The summed E-state index contributed by atoms with van der Waals surface area (Å²) in [6.07, 6.45) is 0. The van der Waals surface area contributed by atoms with Crippen molar-refractivity contribution in [1.82, 2.24) is 0 Å². The molecule has 0 unspecified atom stereocenters. The van der Waals surface area contributed by atoms with Crippen LogP contribution in [-0.2, 0) is 9.31 Å². The van der Waals surface area contributed by atoms with E-state index in [-0.39, 0.29) is 11.6 Å². The molecule has 1 aliphatic heterocycles. The molecule has 1 fully saturated rings. The predicted molar refractivity (Wildman–Crippen MR) is 76.2 cm³/mol. The summed E-state index contributed by atoms with van der Waals surface area (Å²) in [7, 11) is -0.600. The van der Waals surface area contributed by atoms with E-state index in [0.29, 0.717) is 11.0 Å². The molecule has 0 bridgehead atoms. The molecule has 0 amide bonds. The van der Waals surface area contributed by atoms with Crippen molar-refractivity contribution in [2.45, 2.75) is 38.9 Å².